The maximum absolute atomic E-state index is 13.6. The highest BCUT2D eigenvalue weighted by Crippen LogP contribution is 2.36. The Kier molecular flexibility index (Phi) is 7.65. The van der Waals surface area contributed by atoms with Crippen molar-refractivity contribution in [3.05, 3.63) is 28.8 Å². The molecule has 154 valence electrons. The first-order valence-corrected chi connectivity index (χ1v) is 11.0. The molecule has 0 aliphatic rings. The van der Waals surface area contributed by atoms with Gasteiger partial charge in [-0.1, -0.05) is 53.7 Å². The summed E-state index contributed by atoms with van der Waals surface area (Å²) in [5.74, 6) is 0.180. The van der Waals surface area contributed by atoms with Crippen molar-refractivity contribution >= 4 is 15.9 Å². The summed E-state index contributed by atoms with van der Waals surface area (Å²) < 4.78 is 28.4. The number of carbonyl (C=O) groups is 1. The summed E-state index contributed by atoms with van der Waals surface area (Å²) in [7, 11) is 0.937. The second kappa shape index (κ2) is 8.74. The average molecular weight is 397 g/mol. The van der Waals surface area contributed by atoms with E-state index in [9.17, 15) is 13.2 Å². The number of sulfonamides is 1. The molecule has 0 spiro atoms. The van der Waals surface area contributed by atoms with Gasteiger partial charge in [-0.3, -0.25) is 4.79 Å². The number of likely N-dealkylation sites (N-methyl/N-ethyl adjacent to an activating group) is 2. The van der Waals surface area contributed by atoms with E-state index < -0.39 is 16.1 Å². The number of nitrogens with zero attached hydrogens (tertiary/aromatic N) is 2. The number of benzene rings is 1. The molecule has 1 aromatic carbocycles. The molecule has 0 unspecified atom stereocenters. The Morgan fingerprint density at radius 1 is 0.815 bits per heavy atom. The first kappa shape index (κ1) is 23.6. The molecule has 27 heavy (non-hydrogen) atoms. The van der Waals surface area contributed by atoms with Crippen LogP contribution in [0.5, 0.6) is 0 Å². The second-order valence-electron chi connectivity index (χ2n) is 8.42. The molecule has 5 nitrogen and oxygen atoms in total. The summed E-state index contributed by atoms with van der Waals surface area (Å²) >= 11 is 0. The van der Waals surface area contributed by atoms with Gasteiger partial charge in [-0.05, 0) is 41.4 Å². The molecule has 0 aliphatic carbocycles. The Morgan fingerprint density at radius 3 is 1.52 bits per heavy atom. The Balaban J connectivity index is 3.74. The van der Waals surface area contributed by atoms with Crippen LogP contribution in [-0.2, 0) is 14.8 Å². The lowest BCUT2D eigenvalue weighted by atomic mass is 9.89. The van der Waals surface area contributed by atoms with Crippen molar-refractivity contribution in [2.75, 3.05) is 21.1 Å². The van der Waals surface area contributed by atoms with E-state index in [1.165, 1.54) is 16.3 Å². The average Bonchev–Trinajstić information content (AvgIpc) is 2.57. The fourth-order valence-electron chi connectivity index (χ4n) is 3.07. The van der Waals surface area contributed by atoms with E-state index in [1.54, 1.807) is 21.0 Å². The van der Waals surface area contributed by atoms with Crippen molar-refractivity contribution < 1.29 is 13.2 Å². The Bertz CT molecular complexity index is 752. The number of hydrogen-bond donors (Lipinski definition) is 0. The highest BCUT2D eigenvalue weighted by atomic mass is 32.2. The highest BCUT2D eigenvalue weighted by molar-refractivity contribution is 7.89. The molecule has 1 aromatic rings. The third kappa shape index (κ3) is 4.91. The highest BCUT2D eigenvalue weighted by Gasteiger charge is 2.35. The van der Waals surface area contributed by atoms with E-state index in [-0.39, 0.29) is 17.7 Å². The molecular formula is C21H36N2O3S. The molecule has 0 aliphatic heterocycles. The van der Waals surface area contributed by atoms with E-state index in [0.717, 1.165) is 16.7 Å². The zero-order chi connectivity index (χ0) is 21.3. The van der Waals surface area contributed by atoms with Crippen LogP contribution in [0.3, 0.4) is 0 Å². The van der Waals surface area contributed by atoms with Crippen molar-refractivity contribution in [1.29, 1.82) is 0 Å². The summed E-state index contributed by atoms with van der Waals surface area (Å²) in [4.78, 5) is 14.1. The van der Waals surface area contributed by atoms with E-state index in [4.69, 9.17) is 0 Å². The van der Waals surface area contributed by atoms with Crippen LogP contribution in [0.1, 0.15) is 82.9 Å². The predicted molar refractivity (Wildman–Crippen MR) is 112 cm³/mol. The third-order valence-corrected chi connectivity index (χ3v) is 7.12. The summed E-state index contributed by atoms with van der Waals surface area (Å²) in [5, 5.41) is 0. The molecule has 6 heteroatoms. The summed E-state index contributed by atoms with van der Waals surface area (Å²) in [5.41, 5.74) is 2.78. The van der Waals surface area contributed by atoms with Crippen LogP contribution >= 0.6 is 0 Å². The van der Waals surface area contributed by atoms with Crippen LogP contribution in [0.4, 0.5) is 0 Å². The maximum atomic E-state index is 13.6. The fourth-order valence-corrected chi connectivity index (χ4v) is 5.05. The minimum Gasteiger partial charge on any atom is -0.347 e. The second-order valence-corrected chi connectivity index (χ2v) is 10.4. The standard InChI is InChI=1S/C21H36N2O3S/c1-13(2)17-11-18(14(3)4)20(19(12-17)15(5)6)27(25,26)23(10)16(7)21(24)22(8)9/h11-16H,1-10H3/t16-/m0/s1. The van der Waals surface area contributed by atoms with Gasteiger partial charge in [0.2, 0.25) is 15.9 Å². The Morgan fingerprint density at radius 2 is 1.22 bits per heavy atom. The van der Waals surface area contributed by atoms with Crippen LogP contribution in [-0.4, -0.2) is 50.7 Å². The lowest BCUT2D eigenvalue weighted by Crippen LogP contribution is -2.45. The first-order chi connectivity index (χ1) is 12.2. The van der Waals surface area contributed by atoms with Crippen molar-refractivity contribution in [1.82, 2.24) is 9.21 Å². The van der Waals surface area contributed by atoms with Gasteiger partial charge in [-0.15, -0.1) is 0 Å². The van der Waals surface area contributed by atoms with Gasteiger partial charge in [0, 0.05) is 21.1 Å². The lowest BCUT2D eigenvalue weighted by Gasteiger charge is -2.29. The molecule has 1 rings (SSSR count). The van der Waals surface area contributed by atoms with Gasteiger partial charge in [0.15, 0.2) is 0 Å². The Hall–Kier alpha value is -1.40. The number of rotatable bonds is 7. The molecule has 1 atom stereocenters. The monoisotopic (exact) mass is 396 g/mol. The topological polar surface area (TPSA) is 57.7 Å². The van der Waals surface area contributed by atoms with Crippen molar-refractivity contribution in [3.63, 3.8) is 0 Å². The molecule has 0 fully saturated rings. The fraction of sp³-hybridized carbons (Fsp3) is 0.667. The van der Waals surface area contributed by atoms with Gasteiger partial charge in [0.25, 0.3) is 0 Å². The minimum atomic E-state index is -3.82. The van der Waals surface area contributed by atoms with E-state index in [1.807, 2.05) is 39.8 Å². The summed E-state index contributed by atoms with van der Waals surface area (Å²) in [6.45, 7) is 13.9. The molecule has 0 saturated heterocycles. The summed E-state index contributed by atoms with van der Waals surface area (Å²) in [6, 6.07) is 3.26. The number of hydrogen-bond acceptors (Lipinski definition) is 3. The molecular weight excluding hydrogens is 360 g/mol. The quantitative estimate of drug-likeness (QED) is 0.695. The van der Waals surface area contributed by atoms with Crippen LogP contribution in [0, 0.1) is 0 Å². The smallest absolute Gasteiger partial charge is 0.244 e. The molecule has 0 radical (unpaired) electrons. The van der Waals surface area contributed by atoms with E-state index in [2.05, 4.69) is 13.8 Å². The van der Waals surface area contributed by atoms with Crippen molar-refractivity contribution in [3.8, 4) is 0 Å². The van der Waals surface area contributed by atoms with Gasteiger partial charge in [0.1, 0.15) is 6.04 Å². The third-order valence-electron chi connectivity index (χ3n) is 5.06. The number of amides is 1. The number of carbonyl (C=O) groups excluding carboxylic acids is 1. The van der Waals surface area contributed by atoms with Gasteiger partial charge < -0.3 is 4.90 Å². The molecule has 0 saturated carbocycles. The lowest BCUT2D eigenvalue weighted by molar-refractivity contribution is -0.131. The van der Waals surface area contributed by atoms with Gasteiger partial charge in [0.05, 0.1) is 4.90 Å². The zero-order valence-electron chi connectivity index (χ0n) is 18.5. The normalized spacial score (nSPS) is 13.7. The molecule has 0 heterocycles. The molecule has 0 bridgehead atoms. The summed E-state index contributed by atoms with van der Waals surface area (Å²) in [6.07, 6.45) is 0. The van der Waals surface area contributed by atoms with Crippen LogP contribution < -0.4 is 0 Å². The van der Waals surface area contributed by atoms with Crippen LogP contribution in [0.25, 0.3) is 0 Å². The largest absolute Gasteiger partial charge is 0.347 e. The molecule has 0 N–H and O–H groups in total. The first-order valence-electron chi connectivity index (χ1n) is 9.60. The SMILES string of the molecule is CC(C)c1cc(C(C)C)c(S(=O)(=O)N(C)[C@@H](C)C(=O)N(C)C)c(C(C)C)c1. The zero-order valence-corrected chi connectivity index (χ0v) is 19.3. The van der Waals surface area contributed by atoms with Gasteiger partial charge in [-0.25, -0.2) is 8.42 Å². The van der Waals surface area contributed by atoms with Gasteiger partial charge >= 0.3 is 0 Å². The minimum absolute atomic E-state index is 0.0548. The predicted octanol–water partition coefficient (Wildman–Crippen LogP) is 4.15. The van der Waals surface area contributed by atoms with E-state index >= 15 is 0 Å². The van der Waals surface area contributed by atoms with Crippen molar-refractivity contribution in [2.24, 2.45) is 0 Å². The van der Waals surface area contributed by atoms with E-state index in [0.29, 0.717) is 10.8 Å². The Labute approximate surface area is 165 Å². The van der Waals surface area contributed by atoms with Crippen LogP contribution in [0.15, 0.2) is 17.0 Å². The molecule has 0 aromatic heterocycles. The van der Waals surface area contributed by atoms with Gasteiger partial charge in [-0.2, -0.15) is 4.31 Å². The maximum Gasteiger partial charge on any atom is 0.244 e. The molecule has 1 amide bonds. The van der Waals surface area contributed by atoms with Crippen molar-refractivity contribution in [2.45, 2.75) is 77.2 Å². The van der Waals surface area contributed by atoms with Crippen LogP contribution in [0.2, 0.25) is 0 Å².